The molecular weight excluding hydrogens is 244 g/mol. The number of carboxylic acid groups (broad SMARTS) is 1. The average molecular weight is 268 g/mol. The van der Waals surface area contributed by atoms with Crippen LogP contribution in [0.4, 0.5) is 0 Å². The molecule has 0 amide bonds. The van der Waals surface area contributed by atoms with Crippen LogP contribution in [0.25, 0.3) is 0 Å². The van der Waals surface area contributed by atoms with Crippen molar-refractivity contribution >= 4 is 11.9 Å². The molecule has 1 saturated carbocycles. The molecule has 0 heterocycles. The maximum atomic E-state index is 10.5. The second-order valence-corrected chi connectivity index (χ2v) is 4.54. The van der Waals surface area contributed by atoms with Crippen LogP contribution in [0.3, 0.4) is 0 Å². The molecule has 108 valence electrons. The molecule has 1 aliphatic rings. The highest BCUT2D eigenvalue weighted by molar-refractivity contribution is 5.86. The Morgan fingerprint density at radius 2 is 1.95 bits per heavy atom. The van der Waals surface area contributed by atoms with E-state index in [1.807, 2.05) is 0 Å². The first-order valence-electron chi connectivity index (χ1n) is 6.74. The Morgan fingerprint density at radius 1 is 1.32 bits per heavy atom. The summed E-state index contributed by atoms with van der Waals surface area (Å²) in [6.07, 6.45) is 7.76. The lowest BCUT2D eigenvalue weighted by Gasteiger charge is -1.99. The fourth-order valence-corrected chi connectivity index (χ4v) is 1.37. The van der Waals surface area contributed by atoms with Crippen molar-refractivity contribution in [2.75, 3.05) is 6.61 Å². The number of rotatable bonds is 8. The molecule has 1 N–H and O–H groups in total. The summed E-state index contributed by atoms with van der Waals surface area (Å²) < 4.78 is 4.78. The number of hydrogen-bond acceptors (Lipinski definition) is 3. The van der Waals surface area contributed by atoms with E-state index in [4.69, 9.17) is 9.84 Å². The van der Waals surface area contributed by atoms with Crippen molar-refractivity contribution in [3.8, 4) is 0 Å². The van der Waals surface area contributed by atoms with Crippen LogP contribution in [0.2, 0.25) is 0 Å². The zero-order valence-electron chi connectivity index (χ0n) is 11.7. The molecule has 0 atom stereocenters. The lowest BCUT2D eigenvalue weighted by Crippen LogP contribution is -2.01. The molecule has 0 aromatic carbocycles. The van der Waals surface area contributed by atoms with E-state index in [0.29, 0.717) is 18.1 Å². The Hall–Kier alpha value is -1.58. The van der Waals surface area contributed by atoms with E-state index in [2.05, 4.69) is 20.1 Å². The number of unbranched alkanes of at least 4 members (excludes halogenated alkanes) is 3. The van der Waals surface area contributed by atoms with E-state index in [1.165, 1.54) is 18.9 Å². The van der Waals surface area contributed by atoms with E-state index >= 15 is 0 Å². The van der Waals surface area contributed by atoms with Gasteiger partial charge in [-0.3, -0.25) is 0 Å². The quantitative estimate of drug-likeness (QED) is 0.416. The Bertz CT molecular complexity index is 316. The maximum Gasteiger partial charge on any atom is 0.331 e. The summed E-state index contributed by atoms with van der Waals surface area (Å²) in [5.41, 5.74) is 0.380. The Morgan fingerprint density at radius 3 is 2.32 bits per heavy atom. The molecule has 4 heteroatoms. The molecule has 1 rings (SSSR count). The molecule has 0 unspecified atom stereocenters. The van der Waals surface area contributed by atoms with Crippen molar-refractivity contribution in [3.05, 3.63) is 24.8 Å². The predicted molar refractivity (Wildman–Crippen MR) is 74.8 cm³/mol. The number of hydrogen-bond donors (Lipinski definition) is 1. The predicted octanol–water partition coefficient (Wildman–Crippen LogP) is 3.33. The number of carboxylic acids is 1. The maximum absolute atomic E-state index is 10.5. The molecule has 0 aliphatic heterocycles. The summed E-state index contributed by atoms with van der Waals surface area (Å²) in [4.78, 5) is 20.6. The number of carbonyl (C=O) groups is 2. The Labute approximate surface area is 115 Å². The number of ether oxygens (including phenoxy) is 1. The zero-order chi connectivity index (χ0) is 14.7. The molecule has 0 aromatic heterocycles. The van der Waals surface area contributed by atoms with Gasteiger partial charge in [-0.15, -0.1) is 0 Å². The highest BCUT2D eigenvalue weighted by Crippen LogP contribution is 2.35. The van der Waals surface area contributed by atoms with Crippen LogP contribution < -0.4 is 0 Å². The van der Waals surface area contributed by atoms with Gasteiger partial charge in [-0.2, -0.15) is 0 Å². The molecule has 1 aliphatic carbocycles. The van der Waals surface area contributed by atoms with Crippen LogP contribution in [0.5, 0.6) is 0 Å². The van der Waals surface area contributed by atoms with Crippen LogP contribution >= 0.6 is 0 Å². The minimum atomic E-state index is -0.840. The van der Waals surface area contributed by atoms with E-state index in [1.54, 1.807) is 0 Å². The molecular formula is C15H24O4. The van der Waals surface area contributed by atoms with Gasteiger partial charge in [0.2, 0.25) is 0 Å². The van der Waals surface area contributed by atoms with Crippen molar-refractivity contribution < 1.29 is 19.4 Å². The van der Waals surface area contributed by atoms with Crippen LogP contribution in [-0.2, 0) is 14.3 Å². The summed E-state index contributed by atoms with van der Waals surface area (Å²) in [5.74, 6) is -0.860. The molecule has 0 radical (unpaired) electrons. The normalized spacial score (nSPS) is 12.9. The van der Waals surface area contributed by atoms with Gasteiger partial charge in [0.05, 0.1) is 6.61 Å². The van der Waals surface area contributed by atoms with Crippen molar-refractivity contribution in [2.45, 2.75) is 45.4 Å². The first-order chi connectivity index (χ1) is 9.02. The zero-order valence-corrected chi connectivity index (χ0v) is 11.7. The SMILES string of the molecule is C=C(C(=O)O)C1CC1.C=CC(=O)OCCCCCC. The molecule has 4 nitrogen and oxygen atoms in total. The van der Waals surface area contributed by atoms with Gasteiger partial charge in [-0.1, -0.05) is 39.3 Å². The Kier molecular flexibility index (Phi) is 9.49. The van der Waals surface area contributed by atoms with Crippen LogP contribution in [0, 0.1) is 5.92 Å². The largest absolute Gasteiger partial charge is 0.478 e. The lowest BCUT2D eigenvalue weighted by molar-refractivity contribution is -0.138. The van der Waals surface area contributed by atoms with Gasteiger partial charge in [0.15, 0.2) is 0 Å². The number of esters is 1. The molecule has 1 fully saturated rings. The molecule has 0 bridgehead atoms. The van der Waals surface area contributed by atoms with Gasteiger partial charge in [-0.05, 0) is 25.2 Å². The third kappa shape index (κ3) is 10.1. The minimum absolute atomic E-state index is 0.299. The van der Waals surface area contributed by atoms with Gasteiger partial charge in [0.1, 0.15) is 0 Å². The van der Waals surface area contributed by atoms with Crippen molar-refractivity contribution in [1.29, 1.82) is 0 Å². The monoisotopic (exact) mass is 268 g/mol. The van der Waals surface area contributed by atoms with Crippen molar-refractivity contribution in [3.63, 3.8) is 0 Å². The summed E-state index contributed by atoms with van der Waals surface area (Å²) in [6.45, 7) is 9.40. The minimum Gasteiger partial charge on any atom is -0.478 e. The van der Waals surface area contributed by atoms with Crippen molar-refractivity contribution in [1.82, 2.24) is 0 Å². The second-order valence-electron chi connectivity index (χ2n) is 4.54. The number of carbonyl (C=O) groups excluding carboxylic acids is 1. The molecule has 0 saturated heterocycles. The first kappa shape index (κ1) is 17.4. The van der Waals surface area contributed by atoms with Gasteiger partial charge >= 0.3 is 11.9 Å². The fourth-order valence-electron chi connectivity index (χ4n) is 1.37. The lowest BCUT2D eigenvalue weighted by atomic mass is 10.2. The highest BCUT2D eigenvalue weighted by Gasteiger charge is 2.28. The van der Waals surface area contributed by atoms with Gasteiger partial charge in [0, 0.05) is 11.6 Å². The van der Waals surface area contributed by atoms with Crippen LogP contribution in [0.15, 0.2) is 24.8 Å². The summed E-state index contributed by atoms with van der Waals surface area (Å²) in [5, 5.41) is 8.29. The highest BCUT2D eigenvalue weighted by atomic mass is 16.5. The topological polar surface area (TPSA) is 63.6 Å². The van der Waals surface area contributed by atoms with Gasteiger partial charge in [-0.25, -0.2) is 9.59 Å². The van der Waals surface area contributed by atoms with E-state index in [9.17, 15) is 9.59 Å². The van der Waals surface area contributed by atoms with Crippen LogP contribution in [0.1, 0.15) is 45.4 Å². The van der Waals surface area contributed by atoms with E-state index in [0.717, 1.165) is 25.7 Å². The molecule has 0 spiro atoms. The smallest absolute Gasteiger partial charge is 0.331 e. The Balaban J connectivity index is 0.000000356. The summed E-state index contributed by atoms with van der Waals surface area (Å²) >= 11 is 0. The van der Waals surface area contributed by atoms with Gasteiger partial charge in [0.25, 0.3) is 0 Å². The third-order valence-corrected chi connectivity index (χ3v) is 2.75. The fraction of sp³-hybridized carbons (Fsp3) is 0.600. The van der Waals surface area contributed by atoms with Crippen molar-refractivity contribution in [2.24, 2.45) is 5.92 Å². The van der Waals surface area contributed by atoms with Gasteiger partial charge < -0.3 is 9.84 Å². The standard InChI is InChI=1S/C9H16O2.C6H8O2/c1-3-5-6-7-8-11-9(10)4-2;1-4(6(7)8)5-2-3-5/h4H,2-3,5-8H2,1H3;5H,1-3H2,(H,7,8). The van der Waals surface area contributed by atoms with Crippen LogP contribution in [-0.4, -0.2) is 23.7 Å². The first-order valence-corrected chi connectivity index (χ1v) is 6.74. The van der Waals surface area contributed by atoms with E-state index < -0.39 is 5.97 Å². The third-order valence-electron chi connectivity index (χ3n) is 2.75. The average Bonchev–Trinajstić information content (AvgIpc) is 3.22. The molecule has 19 heavy (non-hydrogen) atoms. The summed E-state index contributed by atoms with van der Waals surface area (Å²) in [7, 11) is 0. The van der Waals surface area contributed by atoms with E-state index in [-0.39, 0.29) is 5.97 Å². The number of aliphatic carboxylic acids is 1. The summed E-state index contributed by atoms with van der Waals surface area (Å²) in [6, 6.07) is 0. The molecule has 0 aromatic rings. The second kappa shape index (κ2) is 10.4.